The Balaban J connectivity index is 1.66. The lowest BCUT2D eigenvalue weighted by molar-refractivity contribution is -0.124. The van der Waals surface area contributed by atoms with E-state index in [0.29, 0.717) is 29.9 Å². The van der Waals surface area contributed by atoms with Crippen molar-refractivity contribution >= 4 is 44.2 Å². The van der Waals surface area contributed by atoms with E-state index in [1.54, 1.807) is 23.3 Å². The van der Waals surface area contributed by atoms with Gasteiger partial charge in [-0.1, -0.05) is 6.07 Å². The lowest BCUT2D eigenvalue weighted by atomic mass is 10.1. The SMILES string of the molecule is C#CC(=O)N1CC[C@H](n2nc(-c3cc4cc(C)cc(OC)c4s3)c3c(N)ncnc32)C1. The van der Waals surface area contributed by atoms with Crippen LogP contribution in [0.5, 0.6) is 5.75 Å². The Labute approximate surface area is 182 Å². The molecule has 156 valence electrons. The molecule has 1 atom stereocenters. The molecule has 9 heteroatoms. The highest BCUT2D eigenvalue weighted by Crippen LogP contribution is 2.42. The highest BCUT2D eigenvalue weighted by molar-refractivity contribution is 7.22. The van der Waals surface area contributed by atoms with Gasteiger partial charge in [0.05, 0.1) is 28.1 Å². The lowest BCUT2D eigenvalue weighted by Crippen LogP contribution is -2.27. The fourth-order valence-electron chi connectivity index (χ4n) is 4.17. The first-order valence-corrected chi connectivity index (χ1v) is 10.6. The molecular formula is C22H20N6O2S. The number of hydrogen-bond acceptors (Lipinski definition) is 7. The Hall–Kier alpha value is -3.64. The number of carbonyl (C=O) groups is 1. The third kappa shape index (κ3) is 3.07. The first-order chi connectivity index (χ1) is 15.0. The zero-order chi connectivity index (χ0) is 21.7. The number of nitrogen functional groups attached to an aromatic ring is 1. The summed E-state index contributed by atoms with van der Waals surface area (Å²) in [6, 6.07) is 6.20. The van der Waals surface area contributed by atoms with E-state index in [1.807, 2.05) is 17.7 Å². The van der Waals surface area contributed by atoms with Crippen molar-refractivity contribution in [3.8, 4) is 28.7 Å². The van der Waals surface area contributed by atoms with Crippen LogP contribution in [0.1, 0.15) is 18.0 Å². The average molecular weight is 433 g/mol. The van der Waals surface area contributed by atoms with Gasteiger partial charge in [0.1, 0.15) is 23.6 Å². The van der Waals surface area contributed by atoms with Crippen molar-refractivity contribution in [3.63, 3.8) is 0 Å². The fraction of sp³-hybridized carbons (Fsp3) is 0.273. The molecule has 5 rings (SSSR count). The summed E-state index contributed by atoms with van der Waals surface area (Å²) in [6.07, 6.45) is 7.47. The van der Waals surface area contributed by atoms with Crippen LogP contribution in [0.3, 0.4) is 0 Å². The van der Waals surface area contributed by atoms with Gasteiger partial charge in [-0.15, -0.1) is 17.8 Å². The van der Waals surface area contributed by atoms with E-state index in [0.717, 1.165) is 38.4 Å². The number of anilines is 1. The first-order valence-electron chi connectivity index (χ1n) is 9.83. The normalized spacial score (nSPS) is 16.2. The van der Waals surface area contributed by atoms with Crippen molar-refractivity contribution in [2.24, 2.45) is 0 Å². The van der Waals surface area contributed by atoms with Crippen LogP contribution in [0, 0.1) is 19.3 Å². The van der Waals surface area contributed by atoms with E-state index in [-0.39, 0.29) is 11.9 Å². The van der Waals surface area contributed by atoms with Gasteiger partial charge in [-0.3, -0.25) is 4.79 Å². The monoisotopic (exact) mass is 432 g/mol. The van der Waals surface area contributed by atoms with E-state index in [1.165, 1.54) is 6.33 Å². The molecule has 1 aliphatic heterocycles. The van der Waals surface area contributed by atoms with Crippen LogP contribution in [0.25, 0.3) is 31.7 Å². The number of methoxy groups -OCH3 is 1. The third-order valence-corrected chi connectivity index (χ3v) is 6.79. The van der Waals surface area contributed by atoms with Crippen LogP contribution in [0.4, 0.5) is 5.82 Å². The second-order valence-corrected chi connectivity index (χ2v) is 8.64. The third-order valence-electron chi connectivity index (χ3n) is 5.62. The molecule has 1 amide bonds. The molecule has 1 fully saturated rings. The molecule has 1 saturated heterocycles. The van der Waals surface area contributed by atoms with Gasteiger partial charge in [0, 0.05) is 13.1 Å². The highest BCUT2D eigenvalue weighted by atomic mass is 32.1. The number of ether oxygens (including phenoxy) is 1. The smallest absolute Gasteiger partial charge is 0.298 e. The molecule has 1 aliphatic rings. The number of aryl methyl sites for hydroxylation is 1. The van der Waals surface area contributed by atoms with Gasteiger partial charge in [0.2, 0.25) is 0 Å². The maximum absolute atomic E-state index is 11.9. The Kier molecular flexibility index (Phi) is 4.52. The number of rotatable bonds is 3. The summed E-state index contributed by atoms with van der Waals surface area (Å²) in [5.41, 5.74) is 8.77. The molecule has 0 aliphatic carbocycles. The highest BCUT2D eigenvalue weighted by Gasteiger charge is 2.30. The number of aromatic nitrogens is 4. The topological polar surface area (TPSA) is 99.2 Å². The minimum Gasteiger partial charge on any atom is -0.495 e. The maximum atomic E-state index is 11.9. The molecule has 8 nitrogen and oxygen atoms in total. The van der Waals surface area contributed by atoms with Crippen molar-refractivity contribution in [3.05, 3.63) is 30.1 Å². The van der Waals surface area contributed by atoms with Crippen LogP contribution >= 0.6 is 11.3 Å². The van der Waals surface area contributed by atoms with E-state index in [9.17, 15) is 4.79 Å². The quantitative estimate of drug-likeness (QED) is 0.500. The number of nitrogens with two attached hydrogens (primary N) is 1. The second kappa shape index (κ2) is 7.25. The van der Waals surface area contributed by atoms with Crippen molar-refractivity contribution in [1.82, 2.24) is 24.6 Å². The second-order valence-electron chi connectivity index (χ2n) is 7.58. The summed E-state index contributed by atoms with van der Waals surface area (Å²) in [5.74, 6) is 3.09. The van der Waals surface area contributed by atoms with Crippen LogP contribution < -0.4 is 10.5 Å². The zero-order valence-electron chi connectivity index (χ0n) is 17.1. The Morgan fingerprint density at radius 3 is 2.97 bits per heavy atom. The van der Waals surface area contributed by atoms with Gasteiger partial charge in [-0.05, 0) is 42.3 Å². The van der Waals surface area contributed by atoms with Crippen LogP contribution in [-0.4, -0.2) is 50.8 Å². The number of fused-ring (bicyclic) bond motifs is 2. The molecular weight excluding hydrogens is 412 g/mol. The molecule has 0 unspecified atom stereocenters. The van der Waals surface area contributed by atoms with Gasteiger partial charge in [0.25, 0.3) is 5.91 Å². The van der Waals surface area contributed by atoms with Crippen LogP contribution in [0.15, 0.2) is 24.5 Å². The van der Waals surface area contributed by atoms with Crippen molar-refractivity contribution in [2.75, 3.05) is 25.9 Å². The van der Waals surface area contributed by atoms with Crippen molar-refractivity contribution in [2.45, 2.75) is 19.4 Å². The summed E-state index contributed by atoms with van der Waals surface area (Å²) in [6.45, 7) is 3.12. The largest absolute Gasteiger partial charge is 0.495 e. The Bertz CT molecular complexity index is 1380. The van der Waals surface area contributed by atoms with Crippen molar-refractivity contribution < 1.29 is 9.53 Å². The van der Waals surface area contributed by atoms with Gasteiger partial charge in [-0.2, -0.15) is 5.10 Å². The number of nitrogens with zero attached hydrogens (tertiary/aromatic N) is 5. The summed E-state index contributed by atoms with van der Waals surface area (Å²) in [5, 5.41) is 6.71. The summed E-state index contributed by atoms with van der Waals surface area (Å²) in [4.78, 5) is 23.2. The number of likely N-dealkylation sites (tertiary alicyclic amines) is 1. The number of amides is 1. The minimum atomic E-state index is -0.305. The molecule has 4 heterocycles. The molecule has 0 radical (unpaired) electrons. The molecule has 0 spiro atoms. The summed E-state index contributed by atoms with van der Waals surface area (Å²) < 4.78 is 8.49. The minimum absolute atomic E-state index is 0.0333. The molecule has 4 aromatic rings. The number of carbonyl (C=O) groups excluding carboxylic acids is 1. The Morgan fingerprint density at radius 1 is 1.35 bits per heavy atom. The first kappa shape index (κ1) is 19.3. The number of hydrogen-bond donors (Lipinski definition) is 1. The van der Waals surface area contributed by atoms with Gasteiger partial charge in [-0.25, -0.2) is 14.6 Å². The van der Waals surface area contributed by atoms with Gasteiger partial charge in [0.15, 0.2) is 5.65 Å². The van der Waals surface area contributed by atoms with E-state index >= 15 is 0 Å². The lowest BCUT2D eigenvalue weighted by Gasteiger charge is -2.13. The number of benzene rings is 1. The number of terminal acetylenes is 1. The van der Waals surface area contributed by atoms with Crippen LogP contribution in [-0.2, 0) is 4.79 Å². The van der Waals surface area contributed by atoms with Crippen molar-refractivity contribution in [1.29, 1.82) is 0 Å². The predicted octanol–water partition coefficient (Wildman–Crippen LogP) is 3.01. The zero-order valence-corrected chi connectivity index (χ0v) is 17.9. The predicted molar refractivity (Wildman–Crippen MR) is 121 cm³/mol. The summed E-state index contributed by atoms with van der Waals surface area (Å²) >= 11 is 1.60. The molecule has 2 N–H and O–H groups in total. The molecule has 31 heavy (non-hydrogen) atoms. The molecule has 1 aromatic carbocycles. The Morgan fingerprint density at radius 2 is 2.19 bits per heavy atom. The van der Waals surface area contributed by atoms with Gasteiger partial charge >= 0.3 is 0 Å². The average Bonchev–Trinajstić information content (AvgIpc) is 3.48. The van der Waals surface area contributed by atoms with Gasteiger partial charge < -0.3 is 15.4 Å². The molecule has 0 saturated carbocycles. The summed E-state index contributed by atoms with van der Waals surface area (Å²) in [7, 11) is 1.67. The molecule has 0 bridgehead atoms. The fourth-order valence-corrected chi connectivity index (χ4v) is 5.30. The van der Waals surface area contributed by atoms with Crippen LogP contribution in [0.2, 0.25) is 0 Å². The van der Waals surface area contributed by atoms with E-state index in [2.05, 4.69) is 28.0 Å². The number of thiophene rings is 1. The van der Waals surface area contributed by atoms with E-state index in [4.69, 9.17) is 22.0 Å². The maximum Gasteiger partial charge on any atom is 0.298 e. The van der Waals surface area contributed by atoms with E-state index < -0.39 is 0 Å². The standard InChI is InChI=1S/C22H20N6O2S/c1-4-17(29)27-6-5-14(10-27)28-22-18(21(23)24-11-25-22)19(26-28)16-9-13-7-12(2)8-15(30-3)20(13)31-16/h1,7-9,11,14H,5-6,10H2,2-3H3,(H2,23,24,25)/t14-/m0/s1. The molecule has 3 aromatic heterocycles.